The van der Waals surface area contributed by atoms with Crippen molar-refractivity contribution in [1.82, 2.24) is 0 Å². The average Bonchev–Trinajstić information content (AvgIpc) is 2.94. The molecule has 7 heteroatoms. The number of allylic oxidation sites excluding steroid dienone is 1. The SMILES string of the molecule is CN(C)c1ccc(CC=C2C(=O)N(c3ccc(C(=O)O)cc3)N=C2N)cc1. The average molecular weight is 364 g/mol. The molecule has 1 aliphatic heterocycles. The van der Waals surface area contributed by atoms with E-state index >= 15 is 0 Å². The molecule has 138 valence electrons. The lowest BCUT2D eigenvalue weighted by atomic mass is 10.1. The maximum Gasteiger partial charge on any atom is 0.335 e. The number of nitrogens with two attached hydrogens (primary N) is 1. The number of hydrazone groups is 1. The van der Waals surface area contributed by atoms with E-state index in [0.717, 1.165) is 11.3 Å². The van der Waals surface area contributed by atoms with Crippen LogP contribution in [0.5, 0.6) is 0 Å². The zero-order valence-electron chi connectivity index (χ0n) is 15.1. The third-order valence-corrected chi connectivity index (χ3v) is 4.26. The van der Waals surface area contributed by atoms with Crippen LogP contribution in [0, 0.1) is 0 Å². The van der Waals surface area contributed by atoms with E-state index in [9.17, 15) is 9.59 Å². The molecule has 2 aromatic rings. The zero-order valence-corrected chi connectivity index (χ0v) is 15.1. The molecule has 27 heavy (non-hydrogen) atoms. The predicted molar refractivity (Wildman–Crippen MR) is 105 cm³/mol. The summed E-state index contributed by atoms with van der Waals surface area (Å²) in [5.74, 6) is -1.22. The lowest BCUT2D eigenvalue weighted by Crippen LogP contribution is -2.22. The number of hydrogen-bond donors (Lipinski definition) is 2. The summed E-state index contributed by atoms with van der Waals surface area (Å²) in [5, 5.41) is 14.2. The summed E-state index contributed by atoms with van der Waals surface area (Å²) in [6.07, 6.45) is 2.31. The Hall–Kier alpha value is -3.61. The third-order valence-electron chi connectivity index (χ3n) is 4.26. The quantitative estimate of drug-likeness (QED) is 0.793. The van der Waals surface area contributed by atoms with Crippen molar-refractivity contribution in [2.24, 2.45) is 10.8 Å². The number of carbonyl (C=O) groups excluding carboxylic acids is 1. The molecule has 1 aliphatic rings. The van der Waals surface area contributed by atoms with Crippen LogP contribution in [0.2, 0.25) is 0 Å². The topological polar surface area (TPSA) is 99.2 Å². The van der Waals surface area contributed by atoms with Crippen LogP contribution in [0.15, 0.2) is 65.3 Å². The van der Waals surface area contributed by atoms with Crippen molar-refractivity contribution in [3.63, 3.8) is 0 Å². The van der Waals surface area contributed by atoms with Crippen LogP contribution in [-0.4, -0.2) is 36.9 Å². The van der Waals surface area contributed by atoms with Crippen LogP contribution in [0.4, 0.5) is 11.4 Å². The van der Waals surface area contributed by atoms with Gasteiger partial charge in [0.05, 0.1) is 16.8 Å². The smallest absolute Gasteiger partial charge is 0.335 e. The van der Waals surface area contributed by atoms with Gasteiger partial charge < -0.3 is 15.7 Å². The van der Waals surface area contributed by atoms with Gasteiger partial charge in [-0.15, -0.1) is 5.10 Å². The lowest BCUT2D eigenvalue weighted by molar-refractivity contribution is -0.114. The van der Waals surface area contributed by atoms with Gasteiger partial charge in [0.15, 0.2) is 5.84 Å². The fourth-order valence-electron chi connectivity index (χ4n) is 2.69. The Kier molecular flexibility index (Phi) is 4.94. The van der Waals surface area contributed by atoms with Crippen LogP contribution < -0.4 is 15.6 Å². The first-order valence-corrected chi connectivity index (χ1v) is 8.35. The molecule has 3 rings (SSSR count). The van der Waals surface area contributed by atoms with Crippen molar-refractivity contribution in [3.05, 3.63) is 71.3 Å². The van der Waals surface area contributed by atoms with Gasteiger partial charge in [-0.3, -0.25) is 4.79 Å². The molecule has 1 heterocycles. The molecule has 0 bridgehead atoms. The largest absolute Gasteiger partial charge is 0.478 e. The molecule has 0 aromatic heterocycles. The molecule has 0 saturated carbocycles. The van der Waals surface area contributed by atoms with Crippen LogP contribution in [0.1, 0.15) is 15.9 Å². The second kappa shape index (κ2) is 7.33. The van der Waals surface area contributed by atoms with E-state index in [1.54, 1.807) is 6.08 Å². The Labute approximate surface area is 157 Å². The Balaban J connectivity index is 1.76. The molecule has 0 radical (unpaired) electrons. The lowest BCUT2D eigenvalue weighted by Gasteiger charge is -2.12. The molecule has 0 aliphatic carbocycles. The highest BCUT2D eigenvalue weighted by atomic mass is 16.4. The summed E-state index contributed by atoms with van der Waals surface area (Å²) in [6.45, 7) is 0. The predicted octanol–water partition coefficient (Wildman–Crippen LogP) is 2.24. The van der Waals surface area contributed by atoms with Gasteiger partial charge in [-0.2, -0.15) is 5.01 Å². The van der Waals surface area contributed by atoms with E-state index in [1.165, 1.54) is 29.3 Å². The molecule has 0 fully saturated rings. The van der Waals surface area contributed by atoms with Gasteiger partial charge in [0.1, 0.15) is 0 Å². The van der Waals surface area contributed by atoms with Gasteiger partial charge in [-0.25, -0.2) is 4.79 Å². The number of anilines is 2. The van der Waals surface area contributed by atoms with Crippen molar-refractivity contribution >= 4 is 29.1 Å². The summed E-state index contributed by atoms with van der Waals surface area (Å²) >= 11 is 0. The van der Waals surface area contributed by atoms with Gasteiger partial charge in [0.2, 0.25) is 0 Å². The van der Waals surface area contributed by atoms with Crippen LogP contribution in [0.3, 0.4) is 0 Å². The second-order valence-corrected chi connectivity index (χ2v) is 6.34. The fraction of sp³-hybridized carbons (Fsp3) is 0.150. The number of rotatable bonds is 5. The first-order valence-electron chi connectivity index (χ1n) is 8.35. The number of aromatic carboxylic acids is 1. The van der Waals surface area contributed by atoms with Crippen molar-refractivity contribution in [1.29, 1.82) is 0 Å². The van der Waals surface area contributed by atoms with Crippen LogP contribution in [-0.2, 0) is 11.2 Å². The Morgan fingerprint density at radius 1 is 1.15 bits per heavy atom. The molecule has 0 atom stereocenters. The van der Waals surface area contributed by atoms with E-state index < -0.39 is 5.97 Å². The number of amides is 1. The fourth-order valence-corrected chi connectivity index (χ4v) is 2.69. The number of amidine groups is 1. The highest BCUT2D eigenvalue weighted by Gasteiger charge is 2.29. The highest BCUT2D eigenvalue weighted by molar-refractivity contribution is 6.29. The standard InChI is InChI=1S/C20H20N4O3/c1-23(2)15-8-3-13(4-9-15)5-12-17-18(21)22-24(19(17)25)16-10-6-14(7-11-16)20(26)27/h3-4,6-12H,5H2,1-2H3,(H2,21,22)(H,26,27). The van der Waals surface area contributed by atoms with E-state index in [-0.39, 0.29) is 17.3 Å². The van der Waals surface area contributed by atoms with Crippen LogP contribution in [0.25, 0.3) is 0 Å². The minimum atomic E-state index is -1.03. The molecule has 1 amide bonds. The maximum atomic E-state index is 12.6. The summed E-state index contributed by atoms with van der Waals surface area (Å²) in [6, 6.07) is 13.9. The molecule has 3 N–H and O–H groups in total. The maximum absolute atomic E-state index is 12.6. The summed E-state index contributed by atoms with van der Waals surface area (Å²) in [5.41, 5.74) is 9.02. The number of benzene rings is 2. The second-order valence-electron chi connectivity index (χ2n) is 6.34. The van der Waals surface area contributed by atoms with Gasteiger partial charge in [0.25, 0.3) is 5.91 Å². The van der Waals surface area contributed by atoms with Gasteiger partial charge >= 0.3 is 5.97 Å². The van der Waals surface area contributed by atoms with Gasteiger partial charge in [-0.05, 0) is 48.4 Å². The number of carboxylic acids is 1. The van der Waals surface area contributed by atoms with E-state index in [2.05, 4.69) is 5.10 Å². The first kappa shape index (κ1) is 18.2. The zero-order chi connectivity index (χ0) is 19.6. The van der Waals surface area contributed by atoms with Crippen molar-refractivity contribution in [3.8, 4) is 0 Å². The summed E-state index contributed by atoms with van der Waals surface area (Å²) in [4.78, 5) is 25.6. The molecular formula is C20H20N4O3. The Morgan fingerprint density at radius 3 is 2.33 bits per heavy atom. The third kappa shape index (κ3) is 3.82. The Bertz CT molecular complexity index is 929. The normalized spacial score (nSPS) is 15.2. The van der Waals surface area contributed by atoms with Crippen molar-refractivity contribution in [2.75, 3.05) is 24.0 Å². The number of carboxylic acid groups (broad SMARTS) is 1. The van der Waals surface area contributed by atoms with Gasteiger partial charge in [-0.1, -0.05) is 18.2 Å². The van der Waals surface area contributed by atoms with E-state index in [0.29, 0.717) is 17.7 Å². The molecule has 7 nitrogen and oxygen atoms in total. The van der Waals surface area contributed by atoms with E-state index in [4.69, 9.17) is 10.8 Å². The van der Waals surface area contributed by atoms with Crippen molar-refractivity contribution < 1.29 is 14.7 Å². The number of hydrogen-bond acceptors (Lipinski definition) is 5. The Morgan fingerprint density at radius 2 is 1.78 bits per heavy atom. The summed E-state index contributed by atoms with van der Waals surface area (Å²) < 4.78 is 0. The molecule has 0 spiro atoms. The van der Waals surface area contributed by atoms with Crippen molar-refractivity contribution in [2.45, 2.75) is 6.42 Å². The van der Waals surface area contributed by atoms with E-state index in [1.807, 2.05) is 43.3 Å². The number of carbonyl (C=O) groups is 2. The van der Waals surface area contributed by atoms with Crippen LogP contribution >= 0.6 is 0 Å². The first-order chi connectivity index (χ1) is 12.9. The minimum Gasteiger partial charge on any atom is -0.478 e. The number of nitrogens with zero attached hydrogens (tertiary/aromatic N) is 3. The molecule has 2 aromatic carbocycles. The molecular weight excluding hydrogens is 344 g/mol. The monoisotopic (exact) mass is 364 g/mol. The molecule has 0 saturated heterocycles. The minimum absolute atomic E-state index is 0.138. The molecule has 0 unspecified atom stereocenters. The highest BCUT2D eigenvalue weighted by Crippen LogP contribution is 2.23. The summed E-state index contributed by atoms with van der Waals surface area (Å²) in [7, 11) is 3.95. The van der Waals surface area contributed by atoms with Gasteiger partial charge in [0, 0.05) is 19.8 Å².